The van der Waals surface area contributed by atoms with Crippen LogP contribution in [-0.2, 0) is 6.42 Å². The van der Waals surface area contributed by atoms with Crippen molar-refractivity contribution in [1.82, 2.24) is 0 Å². The van der Waals surface area contributed by atoms with E-state index in [9.17, 15) is 0 Å². The molecule has 0 aliphatic heterocycles. The molecule has 0 aliphatic rings. The Bertz CT molecular complexity index is 355. The molecule has 0 N–H and O–H groups in total. The van der Waals surface area contributed by atoms with Gasteiger partial charge >= 0.3 is 0 Å². The summed E-state index contributed by atoms with van der Waals surface area (Å²) in [6.07, 6.45) is 13.8. The van der Waals surface area contributed by atoms with E-state index in [4.69, 9.17) is 0 Å². The first-order valence-corrected chi connectivity index (χ1v) is 9.50. The van der Waals surface area contributed by atoms with Crippen molar-refractivity contribution < 1.29 is 4.48 Å². The van der Waals surface area contributed by atoms with Crippen LogP contribution in [0.1, 0.15) is 70.3 Å². The summed E-state index contributed by atoms with van der Waals surface area (Å²) in [5.41, 5.74) is 1.49. The Morgan fingerprint density at radius 3 is 1.86 bits per heavy atom. The molecule has 22 heavy (non-hydrogen) atoms. The van der Waals surface area contributed by atoms with Crippen LogP contribution < -0.4 is 0 Å². The molecule has 0 spiro atoms. The van der Waals surface area contributed by atoms with Gasteiger partial charge in [-0.15, -0.1) is 0 Å². The second-order valence-electron chi connectivity index (χ2n) is 7.45. The van der Waals surface area contributed by atoms with E-state index in [1.54, 1.807) is 0 Å². The van der Waals surface area contributed by atoms with Crippen molar-refractivity contribution in [3.05, 3.63) is 35.9 Å². The number of hydrogen-bond acceptors (Lipinski definition) is 0. The lowest BCUT2D eigenvalue weighted by Crippen LogP contribution is -2.41. The molecule has 0 aromatic heterocycles. The van der Waals surface area contributed by atoms with Crippen LogP contribution in [0.15, 0.2) is 30.3 Å². The zero-order chi connectivity index (χ0) is 16.1. The van der Waals surface area contributed by atoms with Gasteiger partial charge < -0.3 is 4.48 Å². The van der Waals surface area contributed by atoms with Gasteiger partial charge in [-0.1, -0.05) is 69.4 Å². The number of unbranched alkanes of at least 4 members (excludes halogenated alkanes) is 7. The summed E-state index contributed by atoms with van der Waals surface area (Å²) < 4.78 is 1.20. The number of hydrogen-bond donors (Lipinski definition) is 0. The Morgan fingerprint density at radius 2 is 1.23 bits per heavy atom. The van der Waals surface area contributed by atoms with Gasteiger partial charge in [0.15, 0.2) is 0 Å². The highest BCUT2D eigenvalue weighted by atomic mass is 15.3. The molecular weight excluding hydrogens is 266 g/mol. The average molecular weight is 305 g/mol. The molecule has 1 aromatic carbocycles. The molecule has 0 atom stereocenters. The van der Waals surface area contributed by atoms with Gasteiger partial charge in [0.1, 0.15) is 0 Å². The van der Waals surface area contributed by atoms with Crippen molar-refractivity contribution in [2.45, 2.75) is 71.1 Å². The standard InChI is InChI=1S/C21H38N/c1-4-5-6-7-8-9-14-19-22(2,3)20-15-13-18-21-16-11-10-12-17-21/h10-12,16-17H,4-9,13-15,18-20H2,1-3H3/q+1. The van der Waals surface area contributed by atoms with Crippen molar-refractivity contribution in [3.63, 3.8) is 0 Å². The zero-order valence-corrected chi connectivity index (χ0v) is 15.3. The summed E-state index contributed by atoms with van der Waals surface area (Å²) in [4.78, 5) is 0. The molecule has 1 heteroatoms. The smallest absolute Gasteiger partial charge is 0.0782 e. The topological polar surface area (TPSA) is 0 Å². The summed E-state index contributed by atoms with van der Waals surface area (Å²) in [7, 11) is 4.80. The van der Waals surface area contributed by atoms with Crippen LogP contribution in [0, 0.1) is 0 Å². The summed E-state index contributed by atoms with van der Waals surface area (Å²) in [5, 5.41) is 0. The highest BCUT2D eigenvalue weighted by molar-refractivity contribution is 5.14. The Morgan fingerprint density at radius 1 is 0.682 bits per heavy atom. The van der Waals surface area contributed by atoms with E-state index in [0.29, 0.717) is 0 Å². The van der Waals surface area contributed by atoms with E-state index in [1.807, 2.05) is 0 Å². The van der Waals surface area contributed by atoms with E-state index in [0.717, 1.165) is 0 Å². The molecular formula is C21H38N+. The fourth-order valence-corrected chi connectivity index (χ4v) is 3.12. The molecule has 0 aliphatic carbocycles. The SMILES string of the molecule is CCCCCCCCC[N+](C)(C)CCCCc1ccccc1. The maximum atomic E-state index is 2.40. The highest BCUT2D eigenvalue weighted by Crippen LogP contribution is 2.11. The van der Waals surface area contributed by atoms with E-state index in [1.165, 1.54) is 87.3 Å². The van der Waals surface area contributed by atoms with Crippen molar-refractivity contribution in [3.8, 4) is 0 Å². The minimum atomic E-state index is 1.20. The number of aryl methyl sites for hydroxylation is 1. The second-order valence-corrected chi connectivity index (χ2v) is 7.45. The Hall–Kier alpha value is -0.820. The highest BCUT2D eigenvalue weighted by Gasteiger charge is 2.13. The van der Waals surface area contributed by atoms with Crippen LogP contribution in [0.4, 0.5) is 0 Å². The van der Waals surface area contributed by atoms with Crippen LogP contribution in [-0.4, -0.2) is 31.7 Å². The van der Waals surface area contributed by atoms with Crippen LogP contribution in [0.2, 0.25) is 0 Å². The Kier molecular flexibility index (Phi) is 10.2. The second kappa shape index (κ2) is 11.7. The Labute approximate surface area is 139 Å². The van der Waals surface area contributed by atoms with Gasteiger partial charge in [-0.2, -0.15) is 0 Å². The van der Waals surface area contributed by atoms with Crippen LogP contribution in [0.25, 0.3) is 0 Å². The predicted octanol–water partition coefficient (Wildman–Crippen LogP) is 5.84. The first-order valence-electron chi connectivity index (χ1n) is 9.50. The van der Waals surface area contributed by atoms with E-state index in [-0.39, 0.29) is 0 Å². The third-order valence-corrected chi connectivity index (χ3v) is 4.69. The van der Waals surface area contributed by atoms with Gasteiger partial charge in [0.25, 0.3) is 0 Å². The lowest BCUT2D eigenvalue weighted by molar-refractivity contribution is -0.890. The van der Waals surface area contributed by atoms with Crippen molar-refractivity contribution in [2.24, 2.45) is 0 Å². The normalized spacial score (nSPS) is 11.8. The Balaban J connectivity index is 2.01. The fourth-order valence-electron chi connectivity index (χ4n) is 3.12. The number of quaternary nitrogens is 1. The van der Waals surface area contributed by atoms with E-state index in [2.05, 4.69) is 51.4 Å². The van der Waals surface area contributed by atoms with Gasteiger partial charge in [0.2, 0.25) is 0 Å². The maximum absolute atomic E-state index is 2.40. The van der Waals surface area contributed by atoms with Gasteiger partial charge in [0, 0.05) is 0 Å². The molecule has 0 saturated heterocycles. The number of nitrogens with zero attached hydrogens (tertiary/aromatic N) is 1. The fraction of sp³-hybridized carbons (Fsp3) is 0.714. The number of rotatable bonds is 13. The average Bonchev–Trinajstić information content (AvgIpc) is 2.52. The summed E-state index contributed by atoms with van der Waals surface area (Å²) >= 11 is 0. The monoisotopic (exact) mass is 304 g/mol. The molecule has 1 nitrogen and oxygen atoms in total. The van der Waals surface area contributed by atoms with Crippen LogP contribution in [0.5, 0.6) is 0 Å². The van der Waals surface area contributed by atoms with E-state index < -0.39 is 0 Å². The quantitative estimate of drug-likeness (QED) is 0.317. The zero-order valence-electron chi connectivity index (χ0n) is 15.3. The van der Waals surface area contributed by atoms with Crippen LogP contribution in [0.3, 0.4) is 0 Å². The van der Waals surface area contributed by atoms with E-state index >= 15 is 0 Å². The molecule has 0 saturated carbocycles. The van der Waals surface area contributed by atoms with Gasteiger partial charge in [-0.05, 0) is 37.7 Å². The lowest BCUT2D eigenvalue weighted by atomic mass is 10.1. The molecule has 0 heterocycles. The van der Waals surface area contributed by atoms with Gasteiger partial charge in [-0.3, -0.25) is 0 Å². The largest absolute Gasteiger partial charge is 0.328 e. The summed E-state index contributed by atoms with van der Waals surface area (Å²) in [6.45, 7) is 4.96. The summed E-state index contributed by atoms with van der Waals surface area (Å²) in [5.74, 6) is 0. The lowest BCUT2D eigenvalue weighted by Gasteiger charge is -2.30. The maximum Gasteiger partial charge on any atom is 0.0782 e. The van der Waals surface area contributed by atoms with Gasteiger partial charge in [0.05, 0.1) is 27.2 Å². The molecule has 0 bridgehead atoms. The van der Waals surface area contributed by atoms with Crippen molar-refractivity contribution in [1.29, 1.82) is 0 Å². The first-order chi connectivity index (χ1) is 10.6. The van der Waals surface area contributed by atoms with Crippen LogP contribution >= 0.6 is 0 Å². The third kappa shape index (κ3) is 10.00. The summed E-state index contributed by atoms with van der Waals surface area (Å²) in [6, 6.07) is 10.9. The minimum Gasteiger partial charge on any atom is -0.328 e. The first kappa shape index (κ1) is 19.2. The van der Waals surface area contributed by atoms with Crippen molar-refractivity contribution in [2.75, 3.05) is 27.2 Å². The predicted molar refractivity (Wildman–Crippen MR) is 99.2 cm³/mol. The number of benzene rings is 1. The molecule has 0 radical (unpaired) electrons. The molecule has 1 aromatic rings. The molecule has 1 rings (SSSR count). The molecule has 0 fully saturated rings. The molecule has 126 valence electrons. The minimum absolute atomic E-state index is 1.20. The van der Waals surface area contributed by atoms with Gasteiger partial charge in [-0.25, -0.2) is 0 Å². The molecule has 0 unspecified atom stereocenters. The third-order valence-electron chi connectivity index (χ3n) is 4.69. The van der Waals surface area contributed by atoms with Crippen molar-refractivity contribution >= 4 is 0 Å². The molecule has 0 amide bonds.